The van der Waals surface area contributed by atoms with Crippen LogP contribution in [0.1, 0.15) is 25.0 Å². The molecular formula is C14H22N4O. The lowest BCUT2D eigenvalue weighted by Gasteiger charge is -2.31. The van der Waals surface area contributed by atoms with Crippen LogP contribution in [0.3, 0.4) is 0 Å². The number of nitrogens with two attached hydrogens (primary N) is 1. The summed E-state index contributed by atoms with van der Waals surface area (Å²) in [6.07, 6.45) is 2.63. The SMILES string of the molecule is CNc1cccc(CN2CCC(CC(N)=O)CC2)n1. The molecule has 0 bridgehead atoms. The van der Waals surface area contributed by atoms with Crippen LogP contribution in [0.4, 0.5) is 5.82 Å². The average molecular weight is 262 g/mol. The number of piperidine rings is 1. The van der Waals surface area contributed by atoms with Crippen LogP contribution in [0, 0.1) is 5.92 Å². The second-order valence-electron chi connectivity index (χ2n) is 5.15. The van der Waals surface area contributed by atoms with Crippen molar-refractivity contribution in [1.29, 1.82) is 0 Å². The molecule has 1 fully saturated rings. The maximum absolute atomic E-state index is 10.9. The summed E-state index contributed by atoms with van der Waals surface area (Å²) in [5, 5.41) is 3.05. The smallest absolute Gasteiger partial charge is 0.217 e. The summed E-state index contributed by atoms with van der Waals surface area (Å²) in [5.74, 6) is 1.19. The van der Waals surface area contributed by atoms with Gasteiger partial charge in [0.05, 0.1) is 5.69 Å². The van der Waals surface area contributed by atoms with Gasteiger partial charge in [-0.05, 0) is 44.0 Å². The van der Waals surface area contributed by atoms with Crippen molar-refractivity contribution in [2.24, 2.45) is 11.7 Å². The van der Waals surface area contributed by atoms with E-state index in [9.17, 15) is 4.79 Å². The number of hydrogen-bond donors (Lipinski definition) is 2. The molecule has 5 nitrogen and oxygen atoms in total. The molecule has 0 unspecified atom stereocenters. The van der Waals surface area contributed by atoms with Crippen molar-refractivity contribution in [2.45, 2.75) is 25.8 Å². The van der Waals surface area contributed by atoms with Crippen molar-refractivity contribution in [1.82, 2.24) is 9.88 Å². The van der Waals surface area contributed by atoms with Crippen LogP contribution < -0.4 is 11.1 Å². The van der Waals surface area contributed by atoms with E-state index in [-0.39, 0.29) is 5.91 Å². The summed E-state index contributed by atoms with van der Waals surface area (Å²) in [4.78, 5) is 17.8. The van der Waals surface area contributed by atoms with Gasteiger partial charge in [-0.2, -0.15) is 0 Å². The van der Waals surface area contributed by atoms with E-state index in [2.05, 4.69) is 21.3 Å². The molecular weight excluding hydrogens is 240 g/mol. The van der Waals surface area contributed by atoms with Crippen molar-refractivity contribution in [2.75, 3.05) is 25.5 Å². The molecule has 5 heteroatoms. The number of rotatable bonds is 5. The predicted octanol–water partition coefficient (Wildman–Crippen LogP) is 1.21. The lowest BCUT2D eigenvalue weighted by atomic mass is 9.93. The lowest BCUT2D eigenvalue weighted by Crippen LogP contribution is -2.34. The molecule has 3 N–H and O–H groups in total. The van der Waals surface area contributed by atoms with Gasteiger partial charge in [0.2, 0.25) is 5.91 Å². The Morgan fingerprint density at radius 3 is 2.84 bits per heavy atom. The number of primary amides is 1. The predicted molar refractivity (Wildman–Crippen MR) is 75.6 cm³/mol. The van der Waals surface area contributed by atoms with Gasteiger partial charge in [0, 0.05) is 20.0 Å². The van der Waals surface area contributed by atoms with Gasteiger partial charge in [-0.1, -0.05) is 6.07 Å². The molecule has 1 amide bonds. The highest BCUT2D eigenvalue weighted by atomic mass is 16.1. The quantitative estimate of drug-likeness (QED) is 0.836. The first-order chi connectivity index (χ1) is 9.17. The highest BCUT2D eigenvalue weighted by molar-refractivity contribution is 5.73. The third-order valence-corrected chi connectivity index (χ3v) is 3.65. The lowest BCUT2D eigenvalue weighted by molar-refractivity contribution is -0.119. The number of carbonyl (C=O) groups is 1. The third kappa shape index (κ3) is 4.21. The molecule has 1 saturated heterocycles. The Kier molecular flexibility index (Phi) is 4.74. The molecule has 104 valence electrons. The summed E-state index contributed by atoms with van der Waals surface area (Å²) >= 11 is 0. The van der Waals surface area contributed by atoms with Gasteiger partial charge in [0.25, 0.3) is 0 Å². The summed E-state index contributed by atoms with van der Waals surface area (Å²) in [6, 6.07) is 6.03. The monoisotopic (exact) mass is 262 g/mol. The van der Waals surface area contributed by atoms with E-state index in [1.165, 1.54) is 0 Å². The van der Waals surface area contributed by atoms with Gasteiger partial charge < -0.3 is 11.1 Å². The number of pyridine rings is 1. The van der Waals surface area contributed by atoms with E-state index in [0.29, 0.717) is 12.3 Å². The number of amides is 1. The number of hydrogen-bond acceptors (Lipinski definition) is 4. The number of carbonyl (C=O) groups excluding carboxylic acids is 1. The van der Waals surface area contributed by atoms with Gasteiger partial charge in [-0.15, -0.1) is 0 Å². The Labute approximate surface area is 114 Å². The van der Waals surface area contributed by atoms with Crippen LogP contribution in [0.2, 0.25) is 0 Å². The van der Waals surface area contributed by atoms with E-state index in [4.69, 9.17) is 5.73 Å². The molecule has 0 aliphatic carbocycles. The van der Waals surface area contributed by atoms with Crippen LogP contribution in [0.25, 0.3) is 0 Å². The molecule has 2 rings (SSSR count). The molecule has 19 heavy (non-hydrogen) atoms. The third-order valence-electron chi connectivity index (χ3n) is 3.65. The van der Waals surface area contributed by atoms with Gasteiger partial charge in [-0.3, -0.25) is 9.69 Å². The Balaban J connectivity index is 1.83. The Hall–Kier alpha value is -1.62. The minimum atomic E-state index is -0.179. The molecule has 1 aliphatic heterocycles. The fourth-order valence-corrected chi connectivity index (χ4v) is 2.57. The van der Waals surface area contributed by atoms with E-state index in [1.54, 1.807) is 0 Å². The number of nitrogens with zero attached hydrogens (tertiary/aromatic N) is 2. The zero-order valence-electron chi connectivity index (χ0n) is 11.4. The fraction of sp³-hybridized carbons (Fsp3) is 0.571. The van der Waals surface area contributed by atoms with Crippen molar-refractivity contribution < 1.29 is 4.79 Å². The number of likely N-dealkylation sites (tertiary alicyclic amines) is 1. The van der Waals surface area contributed by atoms with Crippen molar-refractivity contribution in [3.63, 3.8) is 0 Å². The van der Waals surface area contributed by atoms with Crippen LogP contribution in [-0.2, 0) is 11.3 Å². The number of anilines is 1. The summed E-state index contributed by atoms with van der Waals surface area (Å²) in [5.41, 5.74) is 6.33. The molecule has 0 spiro atoms. The molecule has 0 atom stereocenters. The molecule has 1 aliphatic rings. The van der Waals surface area contributed by atoms with Gasteiger partial charge in [-0.25, -0.2) is 4.98 Å². The average Bonchev–Trinajstić information content (AvgIpc) is 2.41. The first-order valence-electron chi connectivity index (χ1n) is 6.81. The van der Waals surface area contributed by atoms with Crippen LogP contribution in [0.5, 0.6) is 0 Å². The van der Waals surface area contributed by atoms with E-state index in [0.717, 1.165) is 44.0 Å². The van der Waals surface area contributed by atoms with E-state index >= 15 is 0 Å². The molecule has 2 heterocycles. The number of aromatic nitrogens is 1. The minimum Gasteiger partial charge on any atom is -0.373 e. The highest BCUT2D eigenvalue weighted by Gasteiger charge is 2.20. The first kappa shape index (κ1) is 13.8. The molecule has 0 radical (unpaired) electrons. The normalized spacial score (nSPS) is 17.3. The first-order valence-corrected chi connectivity index (χ1v) is 6.81. The molecule has 0 aromatic carbocycles. The highest BCUT2D eigenvalue weighted by Crippen LogP contribution is 2.21. The van der Waals surface area contributed by atoms with E-state index < -0.39 is 0 Å². The maximum Gasteiger partial charge on any atom is 0.217 e. The van der Waals surface area contributed by atoms with Crippen molar-refractivity contribution in [3.05, 3.63) is 23.9 Å². The largest absolute Gasteiger partial charge is 0.373 e. The molecule has 1 aromatic rings. The van der Waals surface area contributed by atoms with Crippen LogP contribution in [0.15, 0.2) is 18.2 Å². The summed E-state index contributed by atoms with van der Waals surface area (Å²) in [6.45, 7) is 2.91. The second-order valence-corrected chi connectivity index (χ2v) is 5.15. The standard InChI is InChI=1S/C14H22N4O/c1-16-14-4-2-3-12(17-14)10-18-7-5-11(6-8-18)9-13(15)19/h2-4,11H,5-10H2,1H3,(H2,15,19)(H,16,17). The Morgan fingerprint density at radius 2 is 2.21 bits per heavy atom. The second kappa shape index (κ2) is 6.52. The Bertz CT molecular complexity index is 427. The van der Waals surface area contributed by atoms with Crippen molar-refractivity contribution in [3.8, 4) is 0 Å². The zero-order chi connectivity index (χ0) is 13.7. The van der Waals surface area contributed by atoms with Gasteiger partial charge in [0.15, 0.2) is 0 Å². The van der Waals surface area contributed by atoms with Crippen LogP contribution in [-0.4, -0.2) is 35.9 Å². The minimum absolute atomic E-state index is 0.179. The van der Waals surface area contributed by atoms with Gasteiger partial charge >= 0.3 is 0 Å². The molecule has 0 saturated carbocycles. The summed E-state index contributed by atoms with van der Waals surface area (Å²) < 4.78 is 0. The fourth-order valence-electron chi connectivity index (χ4n) is 2.57. The summed E-state index contributed by atoms with van der Waals surface area (Å²) in [7, 11) is 1.88. The topological polar surface area (TPSA) is 71.2 Å². The molecule has 1 aromatic heterocycles. The van der Waals surface area contributed by atoms with Gasteiger partial charge in [0.1, 0.15) is 5.82 Å². The Morgan fingerprint density at radius 1 is 1.47 bits per heavy atom. The number of nitrogens with one attached hydrogen (secondary N) is 1. The van der Waals surface area contributed by atoms with E-state index in [1.807, 2.05) is 19.2 Å². The van der Waals surface area contributed by atoms with Crippen molar-refractivity contribution >= 4 is 11.7 Å². The zero-order valence-corrected chi connectivity index (χ0v) is 11.4. The maximum atomic E-state index is 10.9. The van der Waals surface area contributed by atoms with Crippen LogP contribution >= 0.6 is 0 Å².